The molecule has 2 aromatic rings. The highest BCUT2D eigenvalue weighted by Crippen LogP contribution is 2.26. The Morgan fingerprint density at radius 2 is 2.17 bits per heavy atom. The van der Waals surface area contributed by atoms with Gasteiger partial charge in [0.15, 0.2) is 0 Å². The summed E-state index contributed by atoms with van der Waals surface area (Å²) >= 11 is 0. The third kappa shape index (κ3) is 3.23. The molecule has 5 nitrogen and oxygen atoms in total. The first kappa shape index (κ1) is 15.2. The summed E-state index contributed by atoms with van der Waals surface area (Å²) in [7, 11) is 0. The molecule has 1 amide bonds. The summed E-state index contributed by atoms with van der Waals surface area (Å²) in [6.07, 6.45) is 3.75. The molecule has 1 aromatic heterocycles. The Morgan fingerprint density at radius 3 is 2.91 bits per heavy atom. The lowest BCUT2D eigenvalue weighted by atomic mass is 10.2. The normalized spacial score (nSPS) is 17.3. The number of nitrogens with zero attached hydrogens (tertiary/aromatic N) is 2. The van der Waals surface area contributed by atoms with Crippen molar-refractivity contribution in [2.45, 2.75) is 12.5 Å². The smallest absolute Gasteiger partial charge is 0.252 e. The second-order valence-electron chi connectivity index (χ2n) is 5.46. The molecule has 3 N–H and O–H groups in total. The van der Waals surface area contributed by atoms with Gasteiger partial charge in [-0.2, -0.15) is 0 Å². The summed E-state index contributed by atoms with van der Waals surface area (Å²) < 4.78 is 26.9. The van der Waals surface area contributed by atoms with E-state index in [0.717, 1.165) is 12.5 Å². The molecular weight excluding hydrogens is 302 g/mol. The van der Waals surface area contributed by atoms with Gasteiger partial charge < -0.3 is 16.0 Å². The van der Waals surface area contributed by atoms with Crippen molar-refractivity contribution < 1.29 is 13.6 Å². The van der Waals surface area contributed by atoms with Gasteiger partial charge in [0.05, 0.1) is 16.9 Å². The zero-order chi connectivity index (χ0) is 16.4. The standard InChI is InChI=1S/C16H16F2N4O/c17-10-1-2-15(13(18)7-10)22-6-4-11(9-22)21-14-3-5-20-8-12(14)16(19)23/h1-3,5,7-8,11H,4,6,9H2,(H2,19,23)(H,20,21). The van der Waals surface area contributed by atoms with Gasteiger partial charge in [0.1, 0.15) is 11.6 Å². The largest absolute Gasteiger partial charge is 0.380 e. The summed E-state index contributed by atoms with van der Waals surface area (Å²) in [4.78, 5) is 17.1. The van der Waals surface area contributed by atoms with Gasteiger partial charge in [0.25, 0.3) is 5.91 Å². The lowest BCUT2D eigenvalue weighted by molar-refractivity contribution is 0.100. The molecule has 2 heterocycles. The predicted molar refractivity (Wildman–Crippen MR) is 83.4 cm³/mol. The third-order valence-corrected chi connectivity index (χ3v) is 3.88. The maximum atomic E-state index is 13.9. The number of nitrogens with one attached hydrogen (secondary N) is 1. The Hall–Kier alpha value is -2.70. The van der Waals surface area contributed by atoms with E-state index in [4.69, 9.17) is 5.73 Å². The SMILES string of the molecule is NC(=O)c1cnccc1NC1CCN(c2ccc(F)cc2F)C1. The molecule has 0 bridgehead atoms. The number of carbonyl (C=O) groups is 1. The molecule has 120 valence electrons. The van der Waals surface area contributed by atoms with Crippen LogP contribution in [0.5, 0.6) is 0 Å². The molecule has 7 heteroatoms. The van der Waals surface area contributed by atoms with Crippen LogP contribution in [0, 0.1) is 11.6 Å². The molecule has 1 atom stereocenters. The van der Waals surface area contributed by atoms with Crippen molar-refractivity contribution in [3.8, 4) is 0 Å². The summed E-state index contributed by atoms with van der Waals surface area (Å²) in [5, 5.41) is 3.24. The molecule has 23 heavy (non-hydrogen) atoms. The molecule has 0 aliphatic carbocycles. The van der Waals surface area contributed by atoms with E-state index >= 15 is 0 Å². The maximum Gasteiger partial charge on any atom is 0.252 e. The van der Waals surface area contributed by atoms with Gasteiger partial charge in [-0.15, -0.1) is 0 Å². The Kier molecular flexibility index (Phi) is 4.10. The van der Waals surface area contributed by atoms with Gasteiger partial charge in [-0.3, -0.25) is 9.78 Å². The van der Waals surface area contributed by atoms with Crippen LogP contribution in [0.25, 0.3) is 0 Å². The topological polar surface area (TPSA) is 71.2 Å². The number of amides is 1. The number of hydrogen-bond donors (Lipinski definition) is 2. The van der Waals surface area contributed by atoms with E-state index in [1.165, 1.54) is 18.3 Å². The van der Waals surface area contributed by atoms with Crippen LogP contribution < -0.4 is 16.0 Å². The number of benzene rings is 1. The van der Waals surface area contributed by atoms with Crippen molar-refractivity contribution in [3.05, 3.63) is 53.9 Å². The maximum absolute atomic E-state index is 13.9. The number of nitrogens with two attached hydrogens (primary N) is 1. The highest BCUT2D eigenvalue weighted by molar-refractivity contribution is 5.98. The molecule has 0 radical (unpaired) electrons. The van der Waals surface area contributed by atoms with Gasteiger partial charge in [-0.25, -0.2) is 8.78 Å². The molecule has 1 aromatic carbocycles. The highest BCUT2D eigenvalue weighted by Gasteiger charge is 2.25. The molecule has 1 fully saturated rings. The van der Waals surface area contributed by atoms with Gasteiger partial charge in [0.2, 0.25) is 0 Å². The average Bonchev–Trinajstić information content (AvgIpc) is 2.96. The lowest BCUT2D eigenvalue weighted by Crippen LogP contribution is -2.27. The second kappa shape index (κ2) is 6.20. The molecule has 1 aliphatic rings. The van der Waals surface area contributed by atoms with Gasteiger partial charge in [-0.05, 0) is 24.6 Å². The summed E-state index contributed by atoms with van der Waals surface area (Å²) in [6, 6.07) is 5.27. The minimum atomic E-state index is -0.594. The summed E-state index contributed by atoms with van der Waals surface area (Å²) in [5.41, 5.74) is 6.63. The zero-order valence-electron chi connectivity index (χ0n) is 12.3. The Morgan fingerprint density at radius 1 is 1.35 bits per heavy atom. The van der Waals surface area contributed by atoms with Crippen LogP contribution in [-0.4, -0.2) is 30.0 Å². The van der Waals surface area contributed by atoms with Crippen LogP contribution >= 0.6 is 0 Å². The Labute approximate surface area is 132 Å². The van der Waals surface area contributed by atoms with E-state index in [0.29, 0.717) is 30.0 Å². The quantitative estimate of drug-likeness (QED) is 0.906. The molecule has 1 unspecified atom stereocenters. The molecule has 1 saturated heterocycles. The number of pyridine rings is 1. The second-order valence-corrected chi connectivity index (χ2v) is 5.46. The Bertz CT molecular complexity index is 738. The molecule has 3 rings (SSSR count). The highest BCUT2D eigenvalue weighted by atomic mass is 19.1. The monoisotopic (exact) mass is 318 g/mol. The van der Waals surface area contributed by atoms with Crippen LogP contribution in [0.15, 0.2) is 36.7 Å². The van der Waals surface area contributed by atoms with Gasteiger partial charge >= 0.3 is 0 Å². The number of primary amides is 1. The number of rotatable bonds is 4. The number of halogens is 2. The number of carbonyl (C=O) groups excluding carboxylic acids is 1. The Balaban J connectivity index is 1.72. The van der Waals surface area contributed by atoms with Crippen molar-refractivity contribution in [2.24, 2.45) is 5.73 Å². The van der Waals surface area contributed by atoms with E-state index in [2.05, 4.69) is 10.3 Å². The third-order valence-electron chi connectivity index (χ3n) is 3.88. The van der Waals surface area contributed by atoms with Crippen LogP contribution in [0.2, 0.25) is 0 Å². The zero-order valence-corrected chi connectivity index (χ0v) is 12.3. The van der Waals surface area contributed by atoms with Crippen LogP contribution in [-0.2, 0) is 0 Å². The van der Waals surface area contributed by atoms with E-state index in [-0.39, 0.29) is 6.04 Å². The molecule has 0 saturated carbocycles. The van der Waals surface area contributed by atoms with Crippen molar-refractivity contribution in [3.63, 3.8) is 0 Å². The predicted octanol–water partition coefficient (Wildman–Crippen LogP) is 2.15. The number of aromatic nitrogens is 1. The van der Waals surface area contributed by atoms with E-state index in [9.17, 15) is 13.6 Å². The van der Waals surface area contributed by atoms with E-state index in [1.54, 1.807) is 12.3 Å². The average molecular weight is 318 g/mol. The van der Waals surface area contributed by atoms with Crippen molar-refractivity contribution in [1.82, 2.24) is 4.98 Å². The lowest BCUT2D eigenvalue weighted by Gasteiger charge is -2.20. The first-order valence-electron chi connectivity index (χ1n) is 7.25. The fourth-order valence-corrected chi connectivity index (χ4v) is 2.77. The first-order valence-corrected chi connectivity index (χ1v) is 7.25. The van der Waals surface area contributed by atoms with Crippen molar-refractivity contribution in [2.75, 3.05) is 23.3 Å². The van der Waals surface area contributed by atoms with Crippen LogP contribution in [0.4, 0.5) is 20.2 Å². The number of anilines is 2. The minimum Gasteiger partial charge on any atom is -0.380 e. The van der Waals surface area contributed by atoms with Crippen LogP contribution in [0.1, 0.15) is 16.8 Å². The van der Waals surface area contributed by atoms with Crippen molar-refractivity contribution in [1.29, 1.82) is 0 Å². The fourth-order valence-electron chi connectivity index (χ4n) is 2.77. The fraction of sp³-hybridized carbons (Fsp3) is 0.250. The molecule has 1 aliphatic heterocycles. The van der Waals surface area contributed by atoms with Crippen molar-refractivity contribution >= 4 is 17.3 Å². The first-order chi connectivity index (χ1) is 11.0. The van der Waals surface area contributed by atoms with Crippen LogP contribution in [0.3, 0.4) is 0 Å². The van der Waals surface area contributed by atoms with Gasteiger partial charge in [0, 0.05) is 37.6 Å². The number of hydrogen-bond acceptors (Lipinski definition) is 4. The summed E-state index contributed by atoms with van der Waals surface area (Å²) in [5.74, 6) is -1.73. The molecule has 0 spiro atoms. The van der Waals surface area contributed by atoms with Gasteiger partial charge in [-0.1, -0.05) is 0 Å². The minimum absolute atomic E-state index is 0.0277. The molecular formula is C16H16F2N4O. The van der Waals surface area contributed by atoms with E-state index in [1.807, 2.05) is 4.90 Å². The van der Waals surface area contributed by atoms with E-state index < -0.39 is 17.5 Å². The summed E-state index contributed by atoms with van der Waals surface area (Å²) in [6.45, 7) is 1.18.